The van der Waals surface area contributed by atoms with Crippen molar-refractivity contribution in [2.24, 2.45) is 11.0 Å². The van der Waals surface area contributed by atoms with Crippen LogP contribution in [-0.2, 0) is 4.79 Å². The lowest BCUT2D eigenvalue weighted by Gasteiger charge is -2.14. The number of nitro groups is 1. The molecule has 1 atom stereocenters. The van der Waals surface area contributed by atoms with Crippen molar-refractivity contribution in [3.05, 3.63) is 100 Å². The third kappa shape index (κ3) is 3.78. The molecule has 0 fully saturated rings. The number of Topliss-reactive ketones (excluding diaryl/α,β-unsaturated/α-hetero) is 1. The van der Waals surface area contributed by atoms with Crippen molar-refractivity contribution in [1.82, 2.24) is 0 Å². The Hall–Kier alpha value is -4.33. The molecular weight excluding hydrogens is 398 g/mol. The number of rotatable bonds is 6. The van der Waals surface area contributed by atoms with Crippen molar-refractivity contribution in [1.29, 1.82) is 0 Å². The van der Waals surface area contributed by atoms with Gasteiger partial charge in [0.25, 0.3) is 11.6 Å². The lowest BCUT2D eigenvalue weighted by Crippen LogP contribution is -2.33. The molecule has 31 heavy (non-hydrogen) atoms. The van der Waals surface area contributed by atoms with Crippen molar-refractivity contribution in [2.75, 3.05) is 12.1 Å². The number of nitrogens with zero attached hydrogens (tertiary/aromatic N) is 3. The van der Waals surface area contributed by atoms with E-state index in [1.807, 2.05) is 0 Å². The third-order valence-corrected chi connectivity index (χ3v) is 4.93. The predicted molar refractivity (Wildman–Crippen MR) is 114 cm³/mol. The van der Waals surface area contributed by atoms with Gasteiger partial charge in [0.05, 0.1) is 23.4 Å². The molecule has 0 aliphatic carbocycles. The van der Waals surface area contributed by atoms with Crippen LogP contribution >= 0.6 is 0 Å². The number of hydrogen-bond donors (Lipinski definition) is 0. The van der Waals surface area contributed by atoms with E-state index < -0.39 is 16.7 Å². The number of methoxy groups -OCH3 is 1. The van der Waals surface area contributed by atoms with Gasteiger partial charge in [-0.05, 0) is 24.3 Å². The van der Waals surface area contributed by atoms with Gasteiger partial charge in [-0.25, -0.2) is 0 Å². The molecule has 0 saturated carbocycles. The molecule has 1 aliphatic rings. The number of hydrazone groups is 1. The van der Waals surface area contributed by atoms with Gasteiger partial charge in [0.2, 0.25) is 0 Å². The Morgan fingerprint density at radius 3 is 2.39 bits per heavy atom. The fourth-order valence-electron chi connectivity index (χ4n) is 3.37. The second-order valence-electron chi connectivity index (χ2n) is 6.80. The first kappa shape index (κ1) is 20.0. The summed E-state index contributed by atoms with van der Waals surface area (Å²) in [5.41, 5.74) is 1.48. The van der Waals surface area contributed by atoms with Crippen LogP contribution in [0.1, 0.15) is 15.9 Å². The Morgan fingerprint density at radius 2 is 1.74 bits per heavy atom. The number of anilines is 1. The van der Waals surface area contributed by atoms with E-state index in [4.69, 9.17) is 4.74 Å². The second-order valence-corrected chi connectivity index (χ2v) is 6.80. The normalized spacial score (nSPS) is 15.5. The van der Waals surface area contributed by atoms with Crippen molar-refractivity contribution >= 4 is 28.8 Å². The molecule has 1 heterocycles. The zero-order valence-corrected chi connectivity index (χ0v) is 16.5. The molecular formula is C23H17N3O5. The number of ketones is 1. The molecule has 0 aromatic heterocycles. The Morgan fingerprint density at radius 1 is 1.03 bits per heavy atom. The number of benzene rings is 3. The van der Waals surface area contributed by atoms with Crippen molar-refractivity contribution in [2.45, 2.75) is 0 Å². The molecule has 4 rings (SSSR count). The van der Waals surface area contributed by atoms with Gasteiger partial charge in [0.15, 0.2) is 5.78 Å². The lowest BCUT2D eigenvalue weighted by molar-refractivity contribution is -0.384. The van der Waals surface area contributed by atoms with Gasteiger partial charge in [-0.1, -0.05) is 42.5 Å². The molecule has 3 aromatic rings. The largest absolute Gasteiger partial charge is 0.497 e. The van der Waals surface area contributed by atoms with E-state index in [0.717, 1.165) is 5.01 Å². The number of carbonyl (C=O) groups is 2. The van der Waals surface area contributed by atoms with Gasteiger partial charge < -0.3 is 4.74 Å². The summed E-state index contributed by atoms with van der Waals surface area (Å²) in [5.74, 6) is -1.49. The van der Waals surface area contributed by atoms with Crippen LogP contribution in [0.5, 0.6) is 5.75 Å². The highest BCUT2D eigenvalue weighted by molar-refractivity contribution is 6.34. The van der Waals surface area contributed by atoms with Gasteiger partial charge in [-0.15, -0.1) is 0 Å². The summed E-state index contributed by atoms with van der Waals surface area (Å²) < 4.78 is 5.27. The summed E-state index contributed by atoms with van der Waals surface area (Å²) in [6.07, 6.45) is 0. The molecule has 8 nitrogen and oxygen atoms in total. The van der Waals surface area contributed by atoms with Crippen molar-refractivity contribution < 1.29 is 19.2 Å². The van der Waals surface area contributed by atoms with E-state index in [1.54, 1.807) is 54.6 Å². The van der Waals surface area contributed by atoms with E-state index in [2.05, 4.69) is 5.10 Å². The zero-order valence-electron chi connectivity index (χ0n) is 16.5. The standard InChI is InChI=1S/C23H17N3O5/c1-31-19-9-5-8-16(14-19)21-20(22(27)15-6-3-2-4-7-15)23(28)25(24-21)17-10-12-18(13-11-17)26(29)30/h2-14,20H,1H3/t20-/m0/s1. The van der Waals surface area contributed by atoms with Crippen LogP contribution in [0, 0.1) is 16.0 Å². The fraction of sp³-hybridized carbons (Fsp3) is 0.0870. The molecule has 8 heteroatoms. The minimum Gasteiger partial charge on any atom is -0.497 e. The summed E-state index contributed by atoms with van der Waals surface area (Å²) in [5, 5.41) is 16.5. The molecule has 0 unspecified atom stereocenters. The second kappa shape index (κ2) is 8.19. The van der Waals surface area contributed by atoms with Gasteiger partial charge in [-0.3, -0.25) is 19.7 Å². The van der Waals surface area contributed by atoms with E-state index >= 15 is 0 Å². The van der Waals surface area contributed by atoms with Gasteiger partial charge >= 0.3 is 0 Å². The number of ether oxygens (including phenoxy) is 1. The third-order valence-electron chi connectivity index (χ3n) is 4.93. The number of carbonyl (C=O) groups excluding carboxylic acids is 2. The predicted octanol–water partition coefficient (Wildman–Crippen LogP) is 3.85. The monoisotopic (exact) mass is 415 g/mol. The average molecular weight is 415 g/mol. The molecule has 154 valence electrons. The highest BCUT2D eigenvalue weighted by atomic mass is 16.6. The van der Waals surface area contributed by atoms with Crippen LogP contribution in [0.15, 0.2) is 84.0 Å². The van der Waals surface area contributed by atoms with Gasteiger partial charge in [0, 0.05) is 23.3 Å². The van der Waals surface area contributed by atoms with E-state index in [9.17, 15) is 19.7 Å². The Bertz CT molecular complexity index is 1190. The maximum Gasteiger partial charge on any atom is 0.269 e. The average Bonchev–Trinajstić information content (AvgIpc) is 3.16. The Kier molecular flexibility index (Phi) is 5.28. The summed E-state index contributed by atoms with van der Waals surface area (Å²) in [4.78, 5) is 37.0. The molecule has 0 bridgehead atoms. The summed E-state index contributed by atoms with van der Waals surface area (Å²) in [7, 11) is 1.52. The SMILES string of the molecule is COc1cccc(C2=NN(c3ccc([N+](=O)[O-])cc3)C(=O)[C@@H]2C(=O)c2ccccc2)c1. The first-order valence-corrected chi connectivity index (χ1v) is 9.40. The van der Waals surface area contributed by atoms with E-state index in [1.165, 1.54) is 31.4 Å². The van der Waals surface area contributed by atoms with Gasteiger partial charge in [-0.2, -0.15) is 10.1 Å². The summed E-state index contributed by atoms with van der Waals surface area (Å²) in [6.45, 7) is 0. The summed E-state index contributed by atoms with van der Waals surface area (Å²) in [6, 6.07) is 20.9. The minimum absolute atomic E-state index is 0.107. The number of nitro benzene ring substituents is 1. The van der Waals surface area contributed by atoms with E-state index in [-0.39, 0.29) is 17.2 Å². The molecule has 3 aromatic carbocycles. The fourth-order valence-corrected chi connectivity index (χ4v) is 3.37. The maximum absolute atomic E-state index is 13.3. The van der Waals surface area contributed by atoms with Crippen LogP contribution in [0.2, 0.25) is 0 Å². The maximum atomic E-state index is 13.3. The number of non-ortho nitro benzene ring substituents is 1. The highest BCUT2D eigenvalue weighted by Gasteiger charge is 2.42. The van der Waals surface area contributed by atoms with Crippen LogP contribution in [0.4, 0.5) is 11.4 Å². The zero-order chi connectivity index (χ0) is 22.0. The van der Waals surface area contributed by atoms with Crippen molar-refractivity contribution in [3.8, 4) is 5.75 Å². The first-order valence-electron chi connectivity index (χ1n) is 9.40. The molecule has 0 radical (unpaired) electrons. The lowest BCUT2D eigenvalue weighted by atomic mass is 9.89. The topological polar surface area (TPSA) is 102 Å². The van der Waals surface area contributed by atoms with Crippen LogP contribution in [0.3, 0.4) is 0 Å². The van der Waals surface area contributed by atoms with Crippen molar-refractivity contribution in [3.63, 3.8) is 0 Å². The smallest absolute Gasteiger partial charge is 0.269 e. The molecule has 0 N–H and O–H groups in total. The summed E-state index contributed by atoms with van der Waals surface area (Å²) >= 11 is 0. The van der Waals surface area contributed by atoms with Gasteiger partial charge in [0.1, 0.15) is 11.7 Å². The Labute approximate surface area is 177 Å². The molecule has 0 saturated heterocycles. The Balaban J connectivity index is 1.79. The number of hydrogen-bond acceptors (Lipinski definition) is 6. The van der Waals surface area contributed by atoms with Crippen LogP contribution in [-0.4, -0.2) is 29.4 Å². The molecule has 1 amide bonds. The van der Waals surface area contributed by atoms with Crippen LogP contribution < -0.4 is 9.75 Å². The van der Waals surface area contributed by atoms with Crippen LogP contribution in [0.25, 0.3) is 0 Å². The first-order chi connectivity index (χ1) is 15.0. The number of amides is 1. The molecule has 0 spiro atoms. The molecule has 1 aliphatic heterocycles. The quantitative estimate of drug-likeness (QED) is 0.263. The highest BCUT2D eigenvalue weighted by Crippen LogP contribution is 2.31. The van der Waals surface area contributed by atoms with E-state index in [0.29, 0.717) is 22.6 Å². The minimum atomic E-state index is -1.15.